The van der Waals surface area contributed by atoms with Crippen molar-refractivity contribution in [3.8, 4) is 0 Å². The molecule has 1 N–H and O–H groups in total. The van der Waals surface area contributed by atoms with Crippen LogP contribution in [0.3, 0.4) is 0 Å². The van der Waals surface area contributed by atoms with E-state index in [9.17, 15) is 4.39 Å². The van der Waals surface area contributed by atoms with E-state index >= 15 is 0 Å². The third kappa shape index (κ3) is 3.74. The van der Waals surface area contributed by atoms with Gasteiger partial charge >= 0.3 is 0 Å². The first kappa shape index (κ1) is 13.5. The molecule has 5 nitrogen and oxygen atoms in total. The molecule has 0 spiro atoms. The van der Waals surface area contributed by atoms with Crippen molar-refractivity contribution in [1.29, 1.82) is 0 Å². The number of aryl methyl sites for hydroxylation is 2. The molecule has 0 saturated heterocycles. The Bertz CT molecular complexity index is 453. The average Bonchev–Trinajstić information content (AvgIpc) is 2.85. The highest BCUT2D eigenvalue weighted by Gasteiger charge is 1.99. The van der Waals surface area contributed by atoms with Gasteiger partial charge in [-0.05, 0) is 6.07 Å². The molecule has 0 unspecified atom stereocenters. The fourth-order valence-corrected chi connectivity index (χ4v) is 1.41. The maximum atomic E-state index is 12.0. The molecule has 0 saturated carbocycles. The SMILES string of the molecule is Cl.Cn1ccc(CNc2cnn(CCF)c2)n1. The zero-order valence-corrected chi connectivity index (χ0v) is 10.3. The van der Waals surface area contributed by atoms with Crippen molar-refractivity contribution >= 4 is 18.1 Å². The van der Waals surface area contributed by atoms with Crippen LogP contribution in [-0.4, -0.2) is 26.2 Å². The molecular weight excluding hydrogens is 245 g/mol. The van der Waals surface area contributed by atoms with Crippen LogP contribution in [0.5, 0.6) is 0 Å². The summed E-state index contributed by atoms with van der Waals surface area (Å²) in [6.45, 7) is 0.536. The van der Waals surface area contributed by atoms with Gasteiger partial charge in [-0.1, -0.05) is 0 Å². The van der Waals surface area contributed by atoms with Crippen LogP contribution in [0.2, 0.25) is 0 Å². The van der Waals surface area contributed by atoms with Crippen molar-refractivity contribution in [3.05, 3.63) is 30.4 Å². The van der Waals surface area contributed by atoms with Crippen LogP contribution >= 0.6 is 12.4 Å². The topological polar surface area (TPSA) is 47.7 Å². The maximum Gasteiger partial charge on any atom is 0.109 e. The van der Waals surface area contributed by atoms with Crippen molar-refractivity contribution in [2.24, 2.45) is 7.05 Å². The second-order valence-corrected chi connectivity index (χ2v) is 3.52. The lowest BCUT2D eigenvalue weighted by molar-refractivity contribution is 0.427. The molecule has 0 radical (unpaired) electrons. The van der Waals surface area contributed by atoms with Crippen molar-refractivity contribution in [2.45, 2.75) is 13.1 Å². The largest absolute Gasteiger partial charge is 0.377 e. The molecule has 0 aliphatic heterocycles. The molecule has 0 aromatic carbocycles. The van der Waals surface area contributed by atoms with Crippen molar-refractivity contribution in [1.82, 2.24) is 19.6 Å². The Morgan fingerprint density at radius 3 is 2.94 bits per heavy atom. The summed E-state index contributed by atoms with van der Waals surface area (Å²) >= 11 is 0. The van der Waals surface area contributed by atoms with E-state index in [0.717, 1.165) is 11.4 Å². The first-order valence-corrected chi connectivity index (χ1v) is 5.09. The fraction of sp³-hybridized carbons (Fsp3) is 0.400. The van der Waals surface area contributed by atoms with E-state index in [1.807, 2.05) is 19.3 Å². The van der Waals surface area contributed by atoms with Gasteiger partial charge in [0.25, 0.3) is 0 Å². The van der Waals surface area contributed by atoms with E-state index in [1.165, 1.54) is 0 Å². The van der Waals surface area contributed by atoms with Crippen LogP contribution < -0.4 is 5.32 Å². The van der Waals surface area contributed by atoms with Gasteiger partial charge in [0.05, 0.1) is 30.7 Å². The number of halogens is 2. The molecule has 2 rings (SSSR count). The van der Waals surface area contributed by atoms with Gasteiger partial charge in [0.15, 0.2) is 0 Å². The number of hydrogen-bond donors (Lipinski definition) is 1. The van der Waals surface area contributed by atoms with E-state index < -0.39 is 6.67 Å². The summed E-state index contributed by atoms with van der Waals surface area (Å²) in [6, 6.07) is 1.94. The smallest absolute Gasteiger partial charge is 0.109 e. The minimum Gasteiger partial charge on any atom is -0.377 e. The van der Waals surface area contributed by atoms with Gasteiger partial charge in [-0.2, -0.15) is 10.2 Å². The van der Waals surface area contributed by atoms with Gasteiger partial charge in [0, 0.05) is 19.4 Å². The Morgan fingerprint density at radius 2 is 2.29 bits per heavy atom. The van der Waals surface area contributed by atoms with E-state index in [1.54, 1.807) is 21.8 Å². The Balaban J connectivity index is 0.00000144. The summed E-state index contributed by atoms with van der Waals surface area (Å²) < 4.78 is 15.4. The molecule has 0 atom stereocenters. The summed E-state index contributed by atoms with van der Waals surface area (Å²) in [5.74, 6) is 0. The Kier molecular flexibility index (Phi) is 4.96. The number of alkyl halides is 1. The third-order valence-electron chi connectivity index (χ3n) is 2.19. The quantitative estimate of drug-likeness (QED) is 0.888. The summed E-state index contributed by atoms with van der Waals surface area (Å²) in [7, 11) is 1.88. The zero-order chi connectivity index (χ0) is 11.4. The van der Waals surface area contributed by atoms with Crippen LogP contribution in [0.4, 0.5) is 10.1 Å². The van der Waals surface area contributed by atoms with Crippen LogP contribution in [-0.2, 0) is 20.1 Å². The molecule has 94 valence electrons. The standard InChI is InChI=1S/C10H14FN5.ClH/c1-15-4-2-9(14-15)6-12-10-7-13-16(8-10)5-3-11;/h2,4,7-8,12H,3,5-6H2,1H3;1H. The van der Waals surface area contributed by atoms with E-state index in [0.29, 0.717) is 13.1 Å². The summed E-state index contributed by atoms with van der Waals surface area (Å²) in [6.07, 6.45) is 5.35. The van der Waals surface area contributed by atoms with Crippen molar-refractivity contribution in [2.75, 3.05) is 12.0 Å². The Hall–Kier alpha value is -1.56. The average molecular weight is 260 g/mol. The Labute approximate surface area is 105 Å². The first-order chi connectivity index (χ1) is 7.78. The summed E-state index contributed by atoms with van der Waals surface area (Å²) in [4.78, 5) is 0. The highest BCUT2D eigenvalue weighted by Crippen LogP contribution is 2.06. The van der Waals surface area contributed by atoms with E-state index in [-0.39, 0.29) is 12.4 Å². The second kappa shape index (κ2) is 6.24. The molecule has 7 heteroatoms. The molecule has 2 heterocycles. The minimum atomic E-state index is -0.401. The van der Waals surface area contributed by atoms with Crippen molar-refractivity contribution < 1.29 is 4.39 Å². The summed E-state index contributed by atoms with van der Waals surface area (Å²) in [5.41, 5.74) is 1.83. The molecule has 0 aliphatic rings. The molecule has 0 aliphatic carbocycles. The highest BCUT2D eigenvalue weighted by molar-refractivity contribution is 5.85. The summed E-state index contributed by atoms with van der Waals surface area (Å²) in [5, 5.41) is 11.4. The monoisotopic (exact) mass is 259 g/mol. The molecule has 2 aromatic heterocycles. The van der Waals surface area contributed by atoms with Crippen LogP contribution in [0.25, 0.3) is 0 Å². The first-order valence-electron chi connectivity index (χ1n) is 5.09. The molecule has 0 amide bonds. The van der Waals surface area contributed by atoms with Crippen molar-refractivity contribution in [3.63, 3.8) is 0 Å². The number of aromatic nitrogens is 4. The van der Waals surface area contributed by atoms with Crippen LogP contribution in [0.15, 0.2) is 24.7 Å². The lowest BCUT2D eigenvalue weighted by Gasteiger charge is -1.99. The number of nitrogens with one attached hydrogen (secondary N) is 1. The van der Waals surface area contributed by atoms with Gasteiger partial charge in [-0.3, -0.25) is 9.36 Å². The lowest BCUT2D eigenvalue weighted by atomic mass is 10.4. The lowest BCUT2D eigenvalue weighted by Crippen LogP contribution is -2.01. The highest BCUT2D eigenvalue weighted by atomic mass is 35.5. The molecular formula is C10H15ClFN5. The predicted octanol–water partition coefficient (Wildman–Crippen LogP) is 1.62. The third-order valence-corrected chi connectivity index (χ3v) is 2.19. The van der Waals surface area contributed by atoms with Gasteiger partial charge in [-0.15, -0.1) is 12.4 Å². The molecule has 0 fully saturated rings. The van der Waals surface area contributed by atoms with E-state index in [4.69, 9.17) is 0 Å². The normalized spacial score (nSPS) is 10.0. The fourth-order valence-electron chi connectivity index (χ4n) is 1.41. The van der Waals surface area contributed by atoms with Crippen LogP contribution in [0, 0.1) is 0 Å². The molecule has 17 heavy (non-hydrogen) atoms. The van der Waals surface area contributed by atoms with Gasteiger partial charge in [-0.25, -0.2) is 4.39 Å². The number of anilines is 1. The van der Waals surface area contributed by atoms with Gasteiger partial charge < -0.3 is 5.32 Å². The number of nitrogens with zero attached hydrogens (tertiary/aromatic N) is 4. The van der Waals surface area contributed by atoms with E-state index in [2.05, 4.69) is 15.5 Å². The number of hydrogen-bond acceptors (Lipinski definition) is 3. The minimum absolute atomic E-state index is 0. The maximum absolute atomic E-state index is 12.0. The predicted molar refractivity (Wildman–Crippen MR) is 66.0 cm³/mol. The molecule has 2 aromatic rings. The van der Waals surface area contributed by atoms with Gasteiger partial charge in [0.2, 0.25) is 0 Å². The van der Waals surface area contributed by atoms with Gasteiger partial charge in [0.1, 0.15) is 6.67 Å². The zero-order valence-electron chi connectivity index (χ0n) is 9.51. The molecule has 0 bridgehead atoms. The Morgan fingerprint density at radius 1 is 1.47 bits per heavy atom. The second-order valence-electron chi connectivity index (χ2n) is 3.52. The van der Waals surface area contributed by atoms with Crippen LogP contribution in [0.1, 0.15) is 5.69 Å². The number of rotatable bonds is 5.